The topological polar surface area (TPSA) is 29.5 Å². The maximum Gasteiger partial charge on any atom is 0.311 e. The van der Waals surface area contributed by atoms with Crippen LogP contribution in [0.15, 0.2) is 0 Å². The number of carbonyl (C=O) groups excluding carboxylic acids is 1. The highest BCUT2D eigenvalue weighted by Crippen LogP contribution is 2.48. The van der Waals surface area contributed by atoms with Crippen LogP contribution in [0.1, 0.15) is 289 Å². The summed E-state index contributed by atoms with van der Waals surface area (Å²) in [6.07, 6.45) is 42.5. The first kappa shape index (κ1) is 58.8. The number of esters is 1. The van der Waals surface area contributed by atoms with Gasteiger partial charge < -0.3 is 9.64 Å². The molecule has 3 nitrogen and oxygen atoms in total. The lowest BCUT2D eigenvalue weighted by Gasteiger charge is -2.42. The number of nitrogens with zero attached hydrogens (tertiary/aromatic N) is 1. The summed E-state index contributed by atoms with van der Waals surface area (Å²) in [5, 5.41) is 0. The molecule has 354 valence electrons. The molecule has 0 spiro atoms. The van der Waals surface area contributed by atoms with Crippen molar-refractivity contribution in [3.63, 3.8) is 0 Å². The SMILES string of the molecule is CCCCC(CCCC)CCCCCCCCCC(CCCCCCCCCC(CCCC)CCCC)OC(=O)C(C)(C)CC(C)(C)SC(C)(C)CC(C)(C)CN(C)C. The smallest absolute Gasteiger partial charge is 0.311 e. The van der Waals surface area contributed by atoms with Crippen molar-refractivity contribution in [1.29, 1.82) is 0 Å². The maximum absolute atomic E-state index is 14.0. The van der Waals surface area contributed by atoms with Crippen molar-refractivity contribution in [3.05, 3.63) is 0 Å². The Hall–Kier alpha value is -0.220. The molecular weight excluding hydrogens is 739 g/mol. The molecule has 0 saturated heterocycles. The Morgan fingerprint density at radius 3 is 1.10 bits per heavy atom. The zero-order valence-corrected chi connectivity index (χ0v) is 44.1. The number of unbranched alkanes of at least 4 members (excludes halogenated alkanes) is 16. The number of ether oxygens (including phenoxy) is 1. The van der Waals surface area contributed by atoms with Crippen molar-refractivity contribution >= 4 is 17.7 Å². The minimum Gasteiger partial charge on any atom is -0.462 e. The Morgan fingerprint density at radius 2 is 0.763 bits per heavy atom. The zero-order valence-electron chi connectivity index (χ0n) is 43.2. The summed E-state index contributed by atoms with van der Waals surface area (Å²) in [6, 6.07) is 0. The van der Waals surface area contributed by atoms with Gasteiger partial charge in [0.1, 0.15) is 6.10 Å². The van der Waals surface area contributed by atoms with Crippen molar-refractivity contribution < 1.29 is 9.53 Å². The Bertz CT molecular complexity index is 916. The van der Waals surface area contributed by atoms with Crippen LogP contribution in [0.25, 0.3) is 0 Å². The van der Waals surface area contributed by atoms with E-state index in [1.807, 2.05) is 0 Å². The average molecular weight is 851 g/mol. The first-order chi connectivity index (χ1) is 27.8. The van der Waals surface area contributed by atoms with Crippen LogP contribution in [0.3, 0.4) is 0 Å². The number of carbonyl (C=O) groups is 1. The molecule has 0 N–H and O–H groups in total. The molecule has 0 heterocycles. The molecule has 0 amide bonds. The van der Waals surface area contributed by atoms with E-state index in [-0.39, 0.29) is 27.0 Å². The highest BCUT2D eigenvalue weighted by Gasteiger charge is 2.41. The molecule has 0 saturated carbocycles. The van der Waals surface area contributed by atoms with E-state index in [0.717, 1.165) is 44.1 Å². The predicted octanol–water partition coefficient (Wildman–Crippen LogP) is 18.6. The van der Waals surface area contributed by atoms with Gasteiger partial charge in [-0.05, 0) is 83.7 Å². The fourth-order valence-electron chi connectivity index (χ4n) is 10.8. The summed E-state index contributed by atoms with van der Waals surface area (Å²) in [7, 11) is 4.35. The van der Waals surface area contributed by atoms with Gasteiger partial charge in [0, 0.05) is 16.0 Å². The van der Waals surface area contributed by atoms with Crippen LogP contribution in [0.2, 0.25) is 0 Å². The molecule has 4 heteroatoms. The van der Waals surface area contributed by atoms with Crippen molar-refractivity contribution in [1.82, 2.24) is 4.90 Å². The Labute approximate surface area is 378 Å². The van der Waals surface area contributed by atoms with Gasteiger partial charge in [0.25, 0.3) is 0 Å². The molecule has 0 aliphatic rings. The van der Waals surface area contributed by atoms with Crippen molar-refractivity contribution in [2.24, 2.45) is 22.7 Å². The predicted molar refractivity (Wildman–Crippen MR) is 269 cm³/mol. The lowest BCUT2D eigenvalue weighted by Crippen LogP contribution is -2.40. The van der Waals surface area contributed by atoms with Gasteiger partial charge in [-0.15, -0.1) is 11.8 Å². The van der Waals surface area contributed by atoms with E-state index >= 15 is 0 Å². The number of hydrogen-bond donors (Lipinski definition) is 0. The molecule has 0 rings (SSSR count). The van der Waals surface area contributed by atoms with Crippen LogP contribution in [0.4, 0.5) is 0 Å². The van der Waals surface area contributed by atoms with Gasteiger partial charge in [0.2, 0.25) is 0 Å². The second kappa shape index (κ2) is 34.2. The van der Waals surface area contributed by atoms with Crippen LogP contribution >= 0.6 is 11.8 Å². The molecular formula is C55H111NO2S. The largest absolute Gasteiger partial charge is 0.462 e. The van der Waals surface area contributed by atoms with Crippen LogP contribution < -0.4 is 0 Å². The second-order valence-corrected chi connectivity index (χ2v) is 25.1. The van der Waals surface area contributed by atoms with E-state index in [0.29, 0.717) is 0 Å². The minimum absolute atomic E-state index is 0.0225. The van der Waals surface area contributed by atoms with Gasteiger partial charge in [-0.1, -0.05) is 236 Å². The van der Waals surface area contributed by atoms with E-state index in [1.165, 1.54) is 180 Å². The summed E-state index contributed by atoms with van der Waals surface area (Å²) in [5.41, 5.74) is -0.281. The maximum atomic E-state index is 14.0. The summed E-state index contributed by atoms with van der Waals surface area (Å²) in [4.78, 5) is 16.3. The Morgan fingerprint density at radius 1 is 0.458 bits per heavy atom. The van der Waals surface area contributed by atoms with E-state index in [1.54, 1.807) is 0 Å². The fraction of sp³-hybridized carbons (Fsp3) is 0.982. The summed E-state index contributed by atoms with van der Waals surface area (Å²) < 4.78 is 6.62. The van der Waals surface area contributed by atoms with E-state index in [4.69, 9.17) is 4.74 Å². The number of hydrogen-bond acceptors (Lipinski definition) is 4. The Kier molecular flexibility index (Phi) is 34.1. The van der Waals surface area contributed by atoms with Crippen LogP contribution in [0, 0.1) is 22.7 Å². The molecule has 0 fully saturated rings. The summed E-state index contributed by atoms with van der Waals surface area (Å²) in [5.74, 6) is 1.96. The molecule has 0 aromatic heterocycles. The van der Waals surface area contributed by atoms with Gasteiger partial charge in [0.05, 0.1) is 5.41 Å². The normalized spacial score (nSPS) is 13.2. The third kappa shape index (κ3) is 33.9. The van der Waals surface area contributed by atoms with Gasteiger partial charge in [-0.25, -0.2) is 0 Å². The van der Waals surface area contributed by atoms with Gasteiger partial charge in [0.15, 0.2) is 0 Å². The molecule has 0 atom stereocenters. The van der Waals surface area contributed by atoms with Gasteiger partial charge in [-0.2, -0.15) is 0 Å². The van der Waals surface area contributed by atoms with Crippen molar-refractivity contribution in [2.75, 3.05) is 20.6 Å². The van der Waals surface area contributed by atoms with Gasteiger partial charge in [-0.3, -0.25) is 4.79 Å². The van der Waals surface area contributed by atoms with Gasteiger partial charge >= 0.3 is 5.97 Å². The molecule has 0 aliphatic carbocycles. The van der Waals surface area contributed by atoms with Crippen molar-refractivity contribution in [3.8, 4) is 0 Å². The Balaban J connectivity index is 5.10. The first-order valence-electron chi connectivity index (χ1n) is 26.4. The molecule has 0 radical (unpaired) electrons. The zero-order chi connectivity index (χ0) is 44.6. The molecule has 59 heavy (non-hydrogen) atoms. The number of thioether (sulfide) groups is 1. The van der Waals surface area contributed by atoms with Crippen molar-refractivity contribution in [2.45, 2.75) is 304 Å². The second-order valence-electron chi connectivity index (χ2n) is 22.7. The van der Waals surface area contributed by atoms with E-state index < -0.39 is 5.41 Å². The molecule has 0 aromatic carbocycles. The van der Waals surface area contributed by atoms with Crippen LogP contribution in [-0.4, -0.2) is 47.1 Å². The quantitative estimate of drug-likeness (QED) is 0.0452. The monoisotopic (exact) mass is 850 g/mol. The lowest BCUT2D eigenvalue weighted by molar-refractivity contribution is -0.161. The fourth-order valence-corrected chi connectivity index (χ4v) is 13.2. The highest BCUT2D eigenvalue weighted by atomic mass is 32.2. The van der Waals surface area contributed by atoms with Crippen LogP contribution in [0.5, 0.6) is 0 Å². The molecule has 0 bridgehead atoms. The standard InChI is InChI=1S/C55H111NO2S/c1-15-19-37-48(38-20-16-2)41-33-29-25-23-27-31-35-43-50(44-36-32-28-24-26-30-34-42-49(39-21-17-3)40-22-18-4)58-51(57)53(7,8)46-55(11,12)59-54(9,10)45-52(5,6)47-56(13)14/h48-50H,15-47H2,1-14H3. The number of rotatable bonds is 42. The van der Waals surface area contributed by atoms with Crippen LogP contribution in [-0.2, 0) is 9.53 Å². The minimum atomic E-state index is -0.512. The van der Waals surface area contributed by atoms with E-state index in [2.05, 4.69) is 114 Å². The molecule has 0 aromatic rings. The molecule has 0 aliphatic heterocycles. The third-order valence-electron chi connectivity index (χ3n) is 13.0. The third-order valence-corrected chi connectivity index (χ3v) is 14.4. The highest BCUT2D eigenvalue weighted by molar-refractivity contribution is 8.01. The average Bonchev–Trinajstić information content (AvgIpc) is 3.12. The summed E-state index contributed by atoms with van der Waals surface area (Å²) in [6.45, 7) is 29.0. The molecule has 0 unspecified atom stereocenters. The lowest BCUT2D eigenvalue weighted by atomic mass is 9.83. The summed E-state index contributed by atoms with van der Waals surface area (Å²) >= 11 is 2.06. The van der Waals surface area contributed by atoms with E-state index in [9.17, 15) is 4.79 Å². The first-order valence-corrected chi connectivity index (χ1v) is 27.2.